The van der Waals surface area contributed by atoms with Crippen molar-refractivity contribution in [1.29, 1.82) is 0 Å². The molecule has 0 amide bonds. The van der Waals surface area contributed by atoms with E-state index in [0.29, 0.717) is 5.92 Å². The van der Waals surface area contributed by atoms with Crippen LogP contribution in [-0.2, 0) is 0 Å². The van der Waals surface area contributed by atoms with Crippen molar-refractivity contribution in [3.05, 3.63) is 193 Å². The number of aryl methyl sites for hydroxylation is 1. The Labute approximate surface area is 298 Å². The van der Waals surface area contributed by atoms with E-state index in [1.807, 2.05) is 0 Å². The number of aromatic nitrogens is 2. The first-order valence-electron chi connectivity index (χ1n) is 17.7. The normalized spacial score (nSPS) is 16.1. The van der Waals surface area contributed by atoms with Crippen LogP contribution in [0.2, 0.25) is 0 Å². The predicted octanol–water partition coefficient (Wildman–Crippen LogP) is 12.2. The molecule has 2 unspecified atom stereocenters. The molecule has 3 heterocycles. The highest BCUT2D eigenvalue weighted by atomic mass is 15.2. The molecule has 10 rings (SSSR count). The van der Waals surface area contributed by atoms with Gasteiger partial charge in [0.05, 0.1) is 28.5 Å². The number of hydrogen-bond donors (Lipinski definition) is 0. The fourth-order valence-corrected chi connectivity index (χ4v) is 8.10. The summed E-state index contributed by atoms with van der Waals surface area (Å²) in [5.74, 6) is 0.364. The van der Waals surface area contributed by atoms with E-state index >= 15 is 0 Å². The zero-order chi connectivity index (χ0) is 33.9. The summed E-state index contributed by atoms with van der Waals surface area (Å²) in [5, 5.41) is 2.53. The SMILES string of the molecule is Cc1ccc(-c2cc(-c3ccc(N4c5ccccc5C5C=CC=CC54)cc3)nc(-c3ccc(-n4c5ccccc5c5ccccc54)cc3)c2)cc1. The molecule has 2 atom stereocenters. The minimum atomic E-state index is 0.276. The number of fused-ring (bicyclic) bond motifs is 6. The summed E-state index contributed by atoms with van der Waals surface area (Å²) in [6.45, 7) is 2.13. The van der Waals surface area contributed by atoms with E-state index in [2.05, 4.69) is 198 Å². The molecule has 242 valence electrons. The number of benzene rings is 6. The van der Waals surface area contributed by atoms with Gasteiger partial charge in [0.1, 0.15) is 0 Å². The maximum absolute atomic E-state index is 5.30. The third kappa shape index (κ3) is 4.93. The molecule has 2 aromatic heterocycles. The van der Waals surface area contributed by atoms with Gasteiger partial charge in [-0.25, -0.2) is 4.98 Å². The van der Waals surface area contributed by atoms with Crippen molar-refractivity contribution in [2.45, 2.75) is 18.9 Å². The van der Waals surface area contributed by atoms with Gasteiger partial charge >= 0.3 is 0 Å². The fourth-order valence-electron chi connectivity index (χ4n) is 8.10. The summed E-state index contributed by atoms with van der Waals surface area (Å²) in [7, 11) is 0. The second-order valence-electron chi connectivity index (χ2n) is 13.7. The molecule has 0 radical (unpaired) electrons. The van der Waals surface area contributed by atoms with E-state index in [9.17, 15) is 0 Å². The number of allylic oxidation sites excluding steroid dienone is 2. The number of hydrogen-bond acceptors (Lipinski definition) is 2. The van der Waals surface area contributed by atoms with Gasteiger partial charge in [-0.05, 0) is 78.2 Å². The van der Waals surface area contributed by atoms with E-state index < -0.39 is 0 Å². The molecule has 0 saturated heterocycles. The largest absolute Gasteiger partial charge is 0.333 e. The van der Waals surface area contributed by atoms with Gasteiger partial charge in [0, 0.05) is 44.9 Å². The lowest BCUT2D eigenvalue weighted by Crippen LogP contribution is -2.28. The molecule has 3 nitrogen and oxygen atoms in total. The number of rotatable bonds is 5. The first-order chi connectivity index (χ1) is 25.2. The van der Waals surface area contributed by atoms with Crippen LogP contribution in [-0.4, -0.2) is 15.6 Å². The zero-order valence-corrected chi connectivity index (χ0v) is 28.3. The predicted molar refractivity (Wildman–Crippen MR) is 213 cm³/mol. The Morgan fingerprint density at radius 2 is 1.04 bits per heavy atom. The van der Waals surface area contributed by atoms with Crippen LogP contribution in [0.5, 0.6) is 0 Å². The molecule has 2 aliphatic rings. The van der Waals surface area contributed by atoms with Crippen molar-refractivity contribution in [3.8, 4) is 39.3 Å². The van der Waals surface area contributed by atoms with Gasteiger partial charge in [0.2, 0.25) is 0 Å². The Morgan fingerprint density at radius 3 is 1.71 bits per heavy atom. The average Bonchev–Trinajstić information content (AvgIpc) is 3.71. The van der Waals surface area contributed by atoms with Gasteiger partial charge in [-0.2, -0.15) is 0 Å². The second-order valence-corrected chi connectivity index (χ2v) is 13.7. The van der Waals surface area contributed by atoms with Gasteiger partial charge in [0.15, 0.2) is 0 Å². The first kappa shape index (κ1) is 29.5. The molecule has 1 aliphatic heterocycles. The topological polar surface area (TPSA) is 21.1 Å². The summed E-state index contributed by atoms with van der Waals surface area (Å²) < 4.78 is 2.36. The molecular formula is C48H35N3. The lowest BCUT2D eigenvalue weighted by atomic mass is 9.91. The first-order valence-corrected chi connectivity index (χ1v) is 17.7. The van der Waals surface area contributed by atoms with Crippen molar-refractivity contribution in [3.63, 3.8) is 0 Å². The van der Waals surface area contributed by atoms with Crippen molar-refractivity contribution in [2.24, 2.45) is 0 Å². The summed E-state index contributed by atoms with van der Waals surface area (Å²) in [6.07, 6.45) is 9.00. The van der Waals surface area contributed by atoms with Crippen LogP contribution >= 0.6 is 0 Å². The van der Waals surface area contributed by atoms with Gasteiger partial charge in [-0.3, -0.25) is 0 Å². The van der Waals surface area contributed by atoms with Crippen LogP contribution in [0, 0.1) is 6.92 Å². The van der Waals surface area contributed by atoms with Crippen molar-refractivity contribution < 1.29 is 0 Å². The van der Waals surface area contributed by atoms with Crippen LogP contribution in [0.25, 0.3) is 61.1 Å². The highest BCUT2D eigenvalue weighted by Crippen LogP contribution is 2.47. The van der Waals surface area contributed by atoms with Crippen molar-refractivity contribution in [1.82, 2.24) is 9.55 Å². The number of nitrogens with zero attached hydrogens (tertiary/aromatic N) is 3. The van der Waals surface area contributed by atoms with Gasteiger partial charge in [-0.15, -0.1) is 0 Å². The van der Waals surface area contributed by atoms with Crippen LogP contribution in [0.15, 0.2) is 182 Å². The van der Waals surface area contributed by atoms with Crippen LogP contribution in [0.1, 0.15) is 17.0 Å². The van der Waals surface area contributed by atoms with Gasteiger partial charge in [0.25, 0.3) is 0 Å². The standard InChI is InChI=1S/C48H35N3/c1-32-18-20-33(21-19-32)36-30-43(34-22-26-37(27-23-34)50-45-14-6-2-10-39(45)40-11-3-7-15-46(40)50)49-44(31-36)35-24-28-38(29-25-35)51-47-16-8-4-12-41(47)42-13-5-9-17-48(42)51/h2-31,39,45H,1H3. The molecule has 0 spiro atoms. The van der Waals surface area contributed by atoms with E-state index in [1.54, 1.807) is 0 Å². The highest BCUT2D eigenvalue weighted by Gasteiger charge is 2.36. The minimum absolute atomic E-state index is 0.276. The van der Waals surface area contributed by atoms with Crippen molar-refractivity contribution >= 4 is 33.2 Å². The van der Waals surface area contributed by atoms with Crippen LogP contribution in [0.3, 0.4) is 0 Å². The third-order valence-corrected chi connectivity index (χ3v) is 10.6. The lowest BCUT2D eigenvalue weighted by molar-refractivity contribution is 0.745. The summed E-state index contributed by atoms with van der Waals surface area (Å²) in [4.78, 5) is 7.77. The number of para-hydroxylation sites is 3. The molecule has 0 saturated carbocycles. The van der Waals surface area contributed by atoms with Crippen molar-refractivity contribution in [2.75, 3.05) is 4.90 Å². The Bertz CT molecular complexity index is 2590. The van der Waals surface area contributed by atoms with E-state index in [4.69, 9.17) is 4.98 Å². The van der Waals surface area contributed by atoms with Gasteiger partial charge < -0.3 is 9.47 Å². The molecule has 6 aromatic carbocycles. The van der Waals surface area contributed by atoms with Crippen LogP contribution in [0.4, 0.5) is 11.4 Å². The van der Waals surface area contributed by atoms with Gasteiger partial charge in [-0.1, -0.05) is 133 Å². The molecule has 0 bridgehead atoms. The third-order valence-electron chi connectivity index (χ3n) is 10.6. The fraction of sp³-hybridized carbons (Fsp3) is 0.0625. The Balaban J connectivity index is 1.05. The average molecular weight is 654 g/mol. The number of pyridine rings is 1. The number of anilines is 2. The monoisotopic (exact) mass is 653 g/mol. The molecule has 1 aliphatic carbocycles. The second kappa shape index (κ2) is 11.9. The Morgan fingerprint density at radius 1 is 0.490 bits per heavy atom. The van der Waals surface area contributed by atoms with E-state index in [-0.39, 0.29) is 6.04 Å². The summed E-state index contributed by atoms with van der Waals surface area (Å²) in [5.41, 5.74) is 15.1. The van der Waals surface area contributed by atoms with Crippen LogP contribution < -0.4 is 4.90 Å². The smallest absolute Gasteiger partial charge is 0.0715 e. The minimum Gasteiger partial charge on any atom is -0.333 e. The van der Waals surface area contributed by atoms with E-state index in [0.717, 1.165) is 33.8 Å². The quantitative estimate of drug-likeness (QED) is 0.184. The molecule has 8 aromatic rings. The zero-order valence-electron chi connectivity index (χ0n) is 28.3. The van der Waals surface area contributed by atoms with E-state index in [1.165, 1.54) is 49.9 Å². The lowest BCUT2D eigenvalue weighted by Gasteiger charge is -2.28. The maximum atomic E-state index is 5.30. The molecule has 3 heteroatoms. The summed E-state index contributed by atoms with van der Waals surface area (Å²) >= 11 is 0. The molecule has 51 heavy (non-hydrogen) atoms. The Kier molecular flexibility index (Phi) is 6.85. The summed E-state index contributed by atoms with van der Waals surface area (Å²) in [6, 6.07) is 57.4. The molecule has 0 N–H and O–H groups in total. The Hall–Kier alpha value is -6.45. The molecule has 0 fully saturated rings. The highest BCUT2D eigenvalue weighted by molar-refractivity contribution is 6.09. The molecular weight excluding hydrogens is 619 g/mol. The maximum Gasteiger partial charge on any atom is 0.0715 e.